The summed E-state index contributed by atoms with van der Waals surface area (Å²) in [5.74, 6) is 1.27. The first-order chi connectivity index (χ1) is 14.1. The molecular weight excluding hydrogens is 392 g/mol. The summed E-state index contributed by atoms with van der Waals surface area (Å²) in [6.07, 6.45) is 6.25. The molecule has 1 saturated heterocycles. The molecule has 29 heavy (non-hydrogen) atoms. The topological polar surface area (TPSA) is 79.6 Å². The first-order valence-electron chi connectivity index (χ1n) is 10.5. The van der Waals surface area contributed by atoms with E-state index in [-0.39, 0.29) is 6.03 Å². The van der Waals surface area contributed by atoms with E-state index in [1.54, 1.807) is 7.11 Å². The Labute approximate surface area is 175 Å². The lowest BCUT2D eigenvalue weighted by atomic mass is 9.74. The summed E-state index contributed by atoms with van der Waals surface area (Å²) in [4.78, 5) is 19.5. The Morgan fingerprint density at radius 3 is 3.00 bits per heavy atom. The number of likely N-dealkylation sites (tertiary alicyclic amines) is 1. The van der Waals surface area contributed by atoms with Gasteiger partial charge in [-0.1, -0.05) is 30.9 Å². The minimum atomic E-state index is -0.424. The number of nitrogens with one attached hydrogen (secondary N) is 2. The minimum absolute atomic E-state index is 0.193. The number of carbonyl (C=O) groups excluding carboxylic acids is 1. The standard InChI is InChI=1S/C21H27ClN4O3/c1-28-12-13-5-8-26(10-13)11-16-23-15-9-14(22)18-17(19(15)29-16)21(25-20(27)24-18)6-3-2-4-7-21/h9,13H,2-8,10-12H2,1H3,(H2,24,25,27). The number of fused-ring (bicyclic) bond motifs is 4. The maximum absolute atomic E-state index is 12.4. The van der Waals surface area contributed by atoms with Crippen LogP contribution in [-0.2, 0) is 16.8 Å². The molecule has 1 saturated carbocycles. The van der Waals surface area contributed by atoms with Crippen molar-refractivity contribution in [2.75, 3.05) is 32.1 Å². The second kappa shape index (κ2) is 7.45. The van der Waals surface area contributed by atoms with E-state index < -0.39 is 5.54 Å². The normalized spacial score (nSPS) is 23.9. The van der Waals surface area contributed by atoms with Crippen LogP contribution in [-0.4, -0.2) is 42.7 Å². The van der Waals surface area contributed by atoms with Crippen molar-refractivity contribution in [1.82, 2.24) is 15.2 Å². The average molecular weight is 419 g/mol. The van der Waals surface area contributed by atoms with Gasteiger partial charge in [-0.15, -0.1) is 0 Å². The summed E-state index contributed by atoms with van der Waals surface area (Å²) >= 11 is 6.57. The van der Waals surface area contributed by atoms with Crippen molar-refractivity contribution in [3.05, 3.63) is 22.5 Å². The summed E-state index contributed by atoms with van der Waals surface area (Å²) in [6.45, 7) is 3.48. The number of benzene rings is 1. The van der Waals surface area contributed by atoms with Crippen molar-refractivity contribution >= 4 is 34.4 Å². The van der Waals surface area contributed by atoms with E-state index in [0.717, 1.165) is 68.5 Å². The highest BCUT2D eigenvalue weighted by atomic mass is 35.5. The smallest absolute Gasteiger partial charge is 0.319 e. The lowest BCUT2D eigenvalue weighted by Crippen LogP contribution is -2.52. The number of ether oxygens (including phenoxy) is 1. The third kappa shape index (κ3) is 3.39. The maximum Gasteiger partial charge on any atom is 0.319 e. The van der Waals surface area contributed by atoms with Gasteiger partial charge in [0.15, 0.2) is 5.58 Å². The lowest BCUT2D eigenvalue weighted by molar-refractivity contribution is 0.151. The second-order valence-electron chi connectivity index (χ2n) is 8.63. The van der Waals surface area contributed by atoms with E-state index in [1.807, 2.05) is 6.07 Å². The molecule has 0 radical (unpaired) electrons. The van der Waals surface area contributed by atoms with Gasteiger partial charge in [0.25, 0.3) is 0 Å². The van der Waals surface area contributed by atoms with Crippen LogP contribution in [0.3, 0.4) is 0 Å². The van der Waals surface area contributed by atoms with Crippen LogP contribution in [0, 0.1) is 5.92 Å². The van der Waals surface area contributed by atoms with Gasteiger partial charge in [0.05, 0.1) is 29.4 Å². The van der Waals surface area contributed by atoms with Crippen LogP contribution >= 0.6 is 11.6 Å². The quantitative estimate of drug-likeness (QED) is 0.776. The molecule has 156 valence electrons. The molecule has 1 aliphatic carbocycles. The van der Waals surface area contributed by atoms with Crippen LogP contribution in [0.5, 0.6) is 0 Å². The molecule has 7 nitrogen and oxygen atoms in total. The molecule has 1 unspecified atom stereocenters. The second-order valence-corrected chi connectivity index (χ2v) is 9.04. The summed E-state index contributed by atoms with van der Waals surface area (Å²) < 4.78 is 11.6. The van der Waals surface area contributed by atoms with E-state index in [9.17, 15) is 4.79 Å². The van der Waals surface area contributed by atoms with Crippen LogP contribution in [0.2, 0.25) is 5.02 Å². The molecule has 0 bridgehead atoms. The van der Waals surface area contributed by atoms with Crippen molar-refractivity contribution in [1.29, 1.82) is 0 Å². The molecule has 2 amide bonds. The van der Waals surface area contributed by atoms with Crippen molar-refractivity contribution in [2.45, 2.75) is 50.6 Å². The number of halogens is 1. The molecule has 3 heterocycles. The number of oxazole rings is 1. The molecule has 1 aromatic carbocycles. The number of aromatic nitrogens is 1. The van der Waals surface area contributed by atoms with Crippen LogP contribution in [0.25, 0.3) is 11.1 Å². The van der Waals surface area contributed by atoms with Gasteiger partial charge in [0, 0.05) is 19.2 Å². The number of hydrogen-bond acceptors (Lipinski definition) is 5. The zero-order valence-electron chi connectivity index (χ0n) is 16.7. The molecule has 1 atom stereocenters. The third-order valence-electron chi connectivity index (χ3n) is 6.59. The molecule has 1 aromatic heterocycles. The van der Waals surface area contributed by atoms with E-state index in [4.69, 9.17) is 25.7 Å². The van der Waals surface area contributed by atoms with E-state index in [2.05, 4.69) is 15.5 Å². The van der Waals surface area contributed by atoms with Gasteiger partial charge in [0.1, 0.15) is 5.52 Å². The number of urea groups is 1. The molecule has 1 spiro atoms. The highest BCUT2D eigenvalue weighted by Gasteiger charge is 2.44. The van der Waals surface area contributed by atoms with Crippen LogP contribution < -0.4 is 10.6 Å². The fraction of sp³-hybridized carbons (Fsp3) is 0.619. The zero-order valence-corrected chi connectivity index (χ0v) is 17.5. The predicted octanol–water partition coefficient (Wildman–Crippen LogP) is 4.24. The summed E-state index contributed by atoms with van der Waals surface area (Å²) in [5, 5.41) is 6.61. The molecule has 5 rings (SSSR count). The largest absolute Gasteiger partial charge is 0.439 e. The molecule has 2 fully saturated rings. The number of hydrogen-bond donors (Lipinski definition) is 2. The van der Waals surface area contributed by atoms with E-state index >= 15 is 0 Å². The highest BCUT2D eigenvalue weighted by Crippen LogP contribution is 2.48. The van der Waals surface area contributed by atoms with Gasteiger partial charge in [-0.3, -0.25) is 4.90 Å². The fourth-order valence-electron chi connectivity index (χ4n) is 5.30. The SMILES string of the molecule is COCC1CCN(Cc2nc3cc(Cl)c4c(c3o2)C2(CCCCC2)NC(=O)N4)C1. The number of nitrogens with zero attached hydrogens (tertiary/aromatic N) is 2. The van der Waals surface area contributed by atoms with Crippen molar-refractivity contribution in [3.8, 4) is 0 Å². The third-order valence-corrected chi connectivity index (χ3v) is 6.88. The van der Waals surface area contributed by atoms with Gasteiger partial charge in [-0.2, -0.15) is 0 Å². The number of carbonyl (C=O) groups is 1. The minimum Gasteiger partial charge on any atom is -0.439 e. The van der Waals surface area contributed by atoms with Gasteiger partial charge >= 0.3 is 6.03 Å². The lowest BCUT2D eigenvalue weighted by Gasteiger charge is -2.42. The Morgan fingerprint density at radius 1 is 1.38 bits per heavy atom. The van der Waals surface area contributed by atoms with Gasteiger partial charge < -0.3 is 19.8 Å². The summed E-state index contributed by atoms with van der Waals surface area (Å²) in [6, 6.07) is 1.62. The van der Waals surface area contributed by atoms with Crippen LogP contribution in [0.1, 0.15) is 50.0 Å². The van der Waals surface area contributed by atoms with Gasteiger partial charge in [-0.05, 0) is 37.8 Å². The van der Waals surface area contributed by atoms with Gasteiger partial charge in [-0.25, -0.2) is 9.78 Å². The first kappa shape index (κ1) is 19.2. The number of amides is 2. The number of methoxy groups -OCH3 is 1. The molecule has 8 heteroatoms. The molecular formula is C21H27ClN4O3. The number of rotatable bonds is 4. The molecule has 2 aromatic rings. The van der Waals surface area contributed by atoms with Crippen LogP contribution in [0.15, 0.2) is 10.5 Å². The molecule has 3 aliphatic rings. The molecule has 2 aliphatic heterocycles. The molecule has 2 N–H and O–H groups in total. The summed E-state index contributed by atoms with van der Waals surface area (Å²) in [7, 11) is 1.75. The summed E-state index contributed by atoms with van der Waals surface area (Å²) in [5.41, 5.74) is 2.74. The first-order valence-corrected chi connectivity index (χ1v) is 10.9. The number of anilines is 1. The highest BCUT2D eigenvalue weighted by molar-refractivity contribution is 6.35. The Bertz CT molecular complexity index is 938. The Balaban J connectivity index is 1.52. The van der Waals surface area contributed by atoms with Gasteiger partial charge in [0.2, 0.25) is 5.89 Å². The Hall–Kier alpha value is -1.83. The Morgan fingerprint density at radius 2 is 2.21 bits per heavy atom. The van der Waals surface area contributed by atoms with Crippen molar-refractivity contribution in [3.63, 3.8) is 0 Å². The monoisotopic (exact) mass is 418 g/mol. The van der Waals surface area contributed by atoms with E-state index in [0.29, 0.717) is 29.1 Å². The average Bonchev–Trinajstić information content (AvgIpc) is 3.29. The zero-order chi connectivity index (χ0) is 20.0. The maximum atomic E-state index is 12.4. The fourth-order valence-corrected chi connectivity index (χ4v) is 5.55. The van der Waals surface area contributed by atoms with E-state index in [1.165, 1.54) is 6.42 Å². The van der Waals surface area contributed by atoms with Crippen molar-refractivity contribution in [2.24, 2.45) is 5.92 Å². The predicted molar refractivity (Wildman–Crippen MR) is 111 cm³/mol. The van der Waals surface area contributed by atoms with Crippen molar-refractivity contribution < 1.29 is 13.9 Å². The Kier molecular flexibility index (Phi) is 4.92. The van der Waals surface area contributed by atoms with Crippen LogP contribution in [0.4, 0.5) is 10.5 Å².